The van der Waals surface area contributed by atoms with E-state index in [0.29, 0.717) is 18.4 Å². The maximum Gasteiger partial charge on any atom is 0.335 e. The molecule has 0 bridgehead atoms. The standard InChI is InChI=1S/C14H16N2O3/c1-2-5-19-13-7-10(14(17)18)6-11-8-12(9-3-4-9)15-16(11)13/h6-9H,2-5H2,1H3,(H,17,18). The smallest absolute Gasteiger partial charge is 0.335 e. The minimum Gasteiger partial charge on any atom is -0.478 e. The van der Waals surface area contributed by atoms with E-state index in [4.69, 9.17) is 9.84 Å². The Morgan fingerprint density at radius 2 is 2.26 bits per heavy atom. The summed E-state index contributed by atoms with van der Waals surface area (Å²) in [5.41, 5.74) is 2.05. The maximum atomic E-state index is 11.1. The van der Waals surface area contributed by atoms with E-state index >= 15 is 0 Å². The maximum absolute atomic E-state index is 11.1. The van der Waals surface area contributed by atoms with Gasteiger partial charge in [0.1, 0.15) is 0 Å². The highest BCUT2D eigenvalue weighted by Gasteiger charge is 2.27. The molecule has 1 fully saturated rings. The number of aromatic nitrogens is 2. The molecule has 2 aromatic rings. The molecular formula is C14H16N2O3. The van der Waals surface area contributed by atoms with Crippen LogP contribution in [0.3, 0.4) is 0 Å². The van der Waals surface area contributed by atoms with Gasteiger partial charge >= 0.3 is 5.97 Å². The van der Waals surface area contributed by atoms with Gasteiger partial charge in [0.15, 0.2) is 0 Å². The fraction of sp³-hybridized carbons (Fsp3) is 0.429. The zero-order valence-corrected chi connectivity index (χ0v) is 10.8. The van der Waals surface area contributed by atoms with Crippen LogP contribution in [-0.2, 0) is 0 Å². The number of hydrogen-bond donors (Lipinski definition) is 1. The molecule has 0 aliphatic heterocycles. The van der Waals surface area contributed by atoms with Crippen LogP contribution in [0, 0.1) is 0 Å². The summed E-state index contributed by atoms with van der Waals surface area (Å²) in [7, 11) is 0. The van der Waals surface area contributed by atoms with Crippen molar-refractivity contribution in [3.05, 3.63) is 29.5 Å². The van der Waals surface area contributed by atoms with Crippen molar-refractivity contribution in [1.29, 1.82) is 0 Å². The van der Waals surface area contributed by atoms with Gasteiger partial charge in [0, 0.05) is 12.0 Å². The van der Waals surface area contributed by atoms with E-state index in [-0.39, 0.29) is 5.56 Å². The molecule has 0 unspecified atom stereocenters. The van der Waals surface area contributed by atoms with Crippen LogP contribution in [0.15, 0.2) is 18.2 Å². The number of carboxylic acids is 1. The van der Waals surface area contributed by atoms with Gasteiger partial charge in [-0.2, -0.15) is 5.10 Å². The Morgan fingerprint density at radius 1 is 1.47 bits per heavy atom. The number of nitrogens with zero attached hydrogens (tertiary/aromatic N) is 2. The van der Waals surface area contributed by atoms with Gasteiger partial charge in [-0.25, -0.2) is 9.31 Å². The predicted molar refractivity (Wildman–Crippen MR) is 69.9 cm³/mol. The average molecular weight is 260 g/mol. The van der Waals surface area contributed by atoms with Crippen LogP contribution >= 0.6 is 0 Å². The minimum atomic E-state index is -0.946. The predicted octanol–water partition coefficient (Wildman–Crippen LogP) is 2.70. The second-order valence-corrected chi connectivity index (χ2v) is 4.92. The van der Waals surface area contributed by atoms with E-state index in [1.165, 1.54) is 18.9 Å². The van der Waals surface area contributed by atoms with Gasteiger partial charge in [0.25, 0.3) is 0 Å². The molecule has 0 radical (unpaired) electrons. The van der Waals surface area contributed by atoms with Gasteiger partial charge in [-0.3, -0.25) is 0 Å². The highest BCUT2D eigenvalue weighted by Crippen LogP contribution is 2.40. The van der Waals surface area contributed by atoms with Crippen LogP contribution in [0.1, 0.15) is 48.2 Å². The molecule has 1 N–H and O–H groups in total. The van der Waals surface area contributed by atoms with Crippen molar-refractivity contribution in [2.45, 2.75) is 32.1 Å². The second-order valence-electron chi connectivity index (χ2n) is 4.92. The summed E-state index contributed by atoms with van der Waals surface area (Å²) in [6.07, 6.45) is 3.21. The van der Waals surface area contributed by atoms with Crippen LogP contribution in [0.5, 0.6) is 5.88 Å². The molecule has 0 spiro atoms. The molecule has 5 heteroatoms. The summed E-state index contributed by atoms with van der Waals surface area (Å²) < 4.78 is 7.31. The number of pyridine rings is 1. The van der Waals surface area contributed by atoms with Gasteiger partial charge in [0.2, 0.25) is 5.88 Å². The molecular weight excluding hydrogens is 244 g/mol. The second kappa shape index (κ2) is 4.57. The van der Waals surface area contributed by atoms with Crippen molar-refractivity contribution in [3.63, 3.8) is 0 Å². The van der Waals surface area contributed by atoms with Gasteiger partial charge in [-0.15, -0.1) is 0 Å². The fourth-order valence-corrected chi connectivity index (χ4v) is 2.10. The van der Waals surface area contributed by atoms with Crippen LogP contribution in [0.4, 0.5) is 0 Å². The number of aromatic carboxylic acids is 1. The molecule has 2 heterocycles. The number of carboxylic acid groups (broad SMARTS) is 1. The van der Waals surface area contributed by atoms with Crippen molar-refractivity contribution in [1.82, 2.24) is 9.61 Å². The first kappa shape index (κ1) is 12.0. The van der Waals surface area contributed by atoms with Crippen molar-refractivity contribution in [2.75, 3.05) is 6.61 Å². The Morgan fingerprint density at radius 3 is 2.89 bits per heavy atom. The SMILES string of the molecule is CCCOc1cc(C(=O)O)cc2cc(C3CC3)nn12. The van der Waals surface area contributed by atoms with E-state index in [9.17, 15) is 4.79 Å². The molecule has 1 aliphatic rings. The number of carbonyl (C=O) groups is 1. The number of ether oxygens (including phenoxy) is 1. The average Bonchev–Trinajstić information content (AvgIpc) is 3.15. The summed E-state index contributed by atoms with van der Waals surface area (Å²) in [5.74, 6) is 0.0915. The molecule has 2 aromatic heterocycles. The third-order valence-corrected chi connectivity index (χ3v) is 3.24. The lowest BCUT2D eigenvalue weighted by atomic mass is 10.2. The molecule has 3 rings (SSSR count). The van der Waals surface area contributed by atoms with Crippen molar-refractivity contribution >= 4 is 11.5 Å². The normalized spacial score (nSPS) is 14.8. The first-order valence-corrected chi connectivity index (χ1v) is 6.59. The monoisotopic (exact) mass is 260 g/mol. The highest BCUT2D eigenvalue weighted by atomic mass is 16.5. The number of rotatable bonds is 5. The molecule has 19 heavy (non-hydrogen) atoms. The molecule has 100 valence electrons. The Hall–Kier alpha value is -2.04. The molecule has 5 nitrogen and oxygen atoms in total. The minimum absolute atomic E-state index is 0.237. The summed E-state index contributed by atoms with van der Waals surface area (Å²) in [6, 6.07) is 5.14. The first-order valence-electron chi connectivity index (χ1n) is 6.59. The van der Waals surface area contributed by atoms with E-state index in [1.807, 2.05) is 13.0 Å². The third-order valence-electron chi connectivity index (χ3n) is 3.24. The van der Waals surface area contributed by atoms with Crippen molar-refractivity contribution < 1.29 is 14.6 Å². The Kier molecular flexibility index (Phi) is 2.89. The molecule has 0 aromatic carbocycles. The van der Waals surface area contributed by atoms with E-state index in [0.717, 1.165) is 17.6 Å². The van der Waals surface area contributed by atoms with Crippen molar-refractivity contribution in [3.8, 4) is 5.88 Å². The molecule has 1 saturated carbocycles. The highest BCUT2D eigenvalue weighted by molar-refractivity contribution is 5.89. The quantitative estimate of drug-likeness (QED) is 0.897. The van der Waals surface area contributed by atoms with Gasteiger partial charge in [-0.1, -0.05) is 6.92 Å². The van der Waals surface area contributed by atoms with Crippen LogP contribution < -0.4 is 4.74 Å². The third kappa shape index (κ3) is 2.28. The molecule has 0 saturated heterocycles. The van der Waals surface area contributed by atoms with Gasteiger partial charge in [-0.05, 0) is 31.4 Å². The van der Waals surface area contributed by atoms with E-state index in [2.05, 4.69) is 5.10 Å². The van der Waals surface area contributed by atoms with E-state index < -0.39 is 5.97 Å². The summed E-state index contributed by atoms with van der Waals surface area (Å²) >= 11 is 0. The Labute approximate surface area is 110 Å². The van der Waals surface area contributed by atoms with E-state index in [1.54, 1.807) is 10.6 Å². The lowest BCUT2D eigenvalue weighted by molar-refractivity contribution is 0.0696. The Balaban J connectivity index is 2.09. The van der Waals surface area contributed by atoms with Crippen LogP contribution in [0.25, 0.3) is 5.52 Å². The van der Waals surface area contributed by atoms with Gasteiger partial charge in [0.05, 0.1) is 23.4 Å². The molecule has 1 aliphatic carbocycles. The fourth-order valence-electron chi connectivity index (χ4n) is 2.10. The largest absolute Gasteiger partial charge is 0.478 e. The summed E-state index contributed by atoms with van der Waals surface area (Å²) in [4.78, 5) is 11.1. The topological polar surface area (TPSA) is 63.8 Å². The molecule has 0 amide bonds. The van der Waals surface area contributed by atoms with Crippen molar-refractivity contribution in [2.24, 2.45) is 0 Å². The summed E-state index contributed by atoms with van der Waals surface area (Å²) in [6.45, 7) is 2.56. The Bertz CT molecular complexity index is 629. The zero-order valence-electron chi connectivity index (χ0n) is 10.8. The van der Waals surface area contributed by atoms with Gasteiger partial charge < -0.3 is 9.84 Å². The number of fused-ring (bicyclic) bond motifs is 1. The zero-order chi connectivity index (χ0) is 13.4. The number of hydrogen-bond acceptors (Lipinski definition) is 3. The van der Waals surface area contributed by atoms with Crippen LogP contribution in [0.2, 0.25) is 0 Å². The lowest BCUT2D eigenvalue weighted by Gasteiger charge is -2.07. The first-order chi connectivity index (χ1) is 9.19. The molecule has 0 atom stereocenters. The lowest BCUT2D eigenvalue weighted by Crippen LogP contribution is -2.05. The van der Waals surface area contributed by atoms with Crippen LogP contribution in [-0.4, -0.2) is 27.3 Å². The summed E-state index contributed by atoms with van der Waals surface area (Å²) in [5, 5.41) is 13.7.